The number of nitrogens with zero attached hydrogens (tertiary/aromatic N) is 2. The van der Waals surface area contributed by atoms with Crippen LogP contribution in [0.4, 0.5) is 0 Å². The van der Waals surface area contributed by atoms with Crippen LogP contribution in [0.2, 0.25) is 0 Å². The lowest BCUT2D eigenvalue weighted by Crippen LogP contribution is -2.62. The van der Waals surface area contributed by atoms with Gasteiger partial charge in [-0.1, -0.05) is 69.4 Å². The van der Waals surface area contributed by atoms with Crippen LogP contribution >= 0.6 is 0 Å². The first-order valence-corrected chi connectivity index (χ1v) is 20.3. The third-order valence-electron chi connectivity index (χ3n) is 10.8. The van der Waals surface area contributed by atoms with Crippen molar-refractivity contribution in [2.75, 3.05) is 27.2 Å². The largest absolute Gasteiger partial charge is 0.508 e. The molecule has 1 aromatic rings. The van der Waals surface area contributed by atoms with Gasteiger partial charge in [-0.05, 0) is 81.1 Å². The number of aliphatic hydroxyl groups is 4. The van der Waals surface area contributed by atoms with Crippen LogP contribution in [-0.4, -0.2) is 129 Å². The van der Waals surface area contributed by atoms with Gasteiger partial charge in [-0.25, -0.2) is 10.5 Å². The van der Waals surface area contributed by atoms with Crippen molar-refractivity contribution in [2.24, 2.45) is 17.8 Å². The average molecular weight is 814 g/mol. The number of ether oxygens (including phenoxy) is 1. The summed E-state index contributed by atoms with van der Waals surface area (Å²) in [6, 6.07) is 3.95. The zero-order valence-corrected chi connectivity index (χ0v) is 35.0. The molecule has 1 aromatic carbocycles. The van der Waals surface area contributed by atoms with Crippen molar-refractivity contribution in [3.8, 4) is 5.75 Å². The highest BCUT2D eigenvalue weighted by Crippen LogP contribution is 2.24. The number of hydrazine groups is 1. The number of nitrogens with one attached hydrogen (secondary N) is 3. The molecule has 10 unspecified atom stereocenters. The molecule has 3 amide bonds. The summed E-state index contributed by atoms with van der Waals surface area (Å²) in [6.07, 6.45) is 8.94. The SMILES string of the molecule is CON(C)C(=O)C=CC=C(C)C1CC=CC=CC(O)C(C)C(O)C(CCC(C)O)CNC(C(C)C)C(=O)NC(Cc2cccc(O)c2)C(=O)N2CCCC(N2)C(O)O1. The van der Waals surface area contributed by atoms with Gasteiger partial charge in [-0.3, -0.25) is 24.2 Å². The quantitative estimate of drug-likeness (QED) is 0.0973. The maximum atomic E-state index is 14.3. The lowest BCUT2D eigenvalue weighted by molar-refractivity contribution is -0.166. The molecule has 3 rings (SSSR count). The Bertz CT molecular complexity index is 1580. The highest BCUT2D eigenvalue weighted by molar-refractivity contribution is 5.90. The highest BCUT2D eigenvalue weighted by Gasteiger charge is 2.36. The van der Waals surface area contributed by atoms with E-state index in [0.717, 1.165) is 5.06 Å². The van der Waals surface area contributed by atoms with Crippen molar-refractivity contribution < 1.29 is 49.5 Å². The summed E-state index contributed by atoms with van der Waals surface area (Å²) in [7, 11) is 2.87. The van der Waals surface area contributed by atoms with E-state index in [1.165, 1.54) is 37.4 Å². The van der Waals surface area contributed by atoms with E-state index in [9.17, 15) is 39.9 Å². The van der Waals surface area contributed by atoms with Gasteiger partial charge in [0, 0.05) is 38.6 Å². The number of hydrogen-bond donors (Lipinski definition) is 8. The molecule has 1 saturated heterocycles. The standard InChI is InChI=1S/C43H67N5O10/c1-27(2)39-41(54)45-35(25-31-15-12-16-33(50)24-31)42(55)48-23-13-17-34(46-48)43(56)58-37(28(3)14-11-20-38(52)47(6)57-7)19-10-8-9-18-36(51)30(5)40(53)32(26-44-39)22-21-29(4)49/h8-12,14-16,18,20,24,27,29-30,32,34-37,39-40,43-44,46,49-51,53,56H,13,17,19,21-23,25-26H2,1-7H3,(H,45,54). The van der Waals surface area contributed by atoms with Crippen LogP contribution in [0.15, 0.2) is 72.4 Å². The van der Waals surface area contributed by atoms with Crippen LogP contribution in [0.3, 0.4) is 0 Å². The molecular formula is C43H67N5O10. The average Bonchev–Trinajstić information content (AvgIpc) is 3.19. The molecule has 2 bridgehead atoms. The van der Waals surface area contributed by atoms with Gasteiger partial charge in [-0.2, -0.15) is 0 Å². The number of likely N-dealkylation sites (N-methyl/N-ethyl adjacent to an activating group) is 1. The zero-order chi connectivity index (χ0) is 42.9. The van der Waals surface area contributed by atoms with E-state index in [4.69, 9.17) is 9.57 Å². The minimum atomic E-state index is -1.37. The number of phenolic OH excluding ortho intramolecular Hbond substituents is 1. The highest BCUT2D eigenvalue weighted by atomic mass is 16.7. The molecule has 0 spiro atoms. The topological polar surface area (TPSA) is 213 Å². The van der Waals surface area contributed by atoms with Crippen molar-refractivity contribution in [3.63, 3.8) is 0 Å². The van der Waals surface area contributed by atoms with Gasteiger partial charge in [-0.15, -0.1) is 0 Å². The number of hydroxylamine groups is 2. The van der Waals surface area contributed by atoms with E-state index in [2.05, 4.69) is 16.1 Å². The van der Waals surface area contributed by atoms with Gasteiger partial charge in [0.25, 0.3) is 11.8 Å². The Morgan fingerprint density at radius 2 is 1.90 bits per heavy atom. The first kappa shape index (κ1) is 48.4. The van der Waals surface area contributed by atoms with E-state index >= 15 is 0 Å². The van der Waals surface area contributed by atoms with Crippen LogP contribution < -0.4 is 16.1 Å². The maximum Gasteiger partial charge on any atom is 0.269 e. The van der Waals surface area contributed by atoms with E-state index in [-0.39, 0.29) is 30.5 Å². The van der Waals surface area contributed by atoms with Crippen molar-refractivity contribution in [3.05, 3.63) is 77.9 Å². The zero-order valence-electron chi connectivity index (χ0n) is 35.0. The van der Waals surface area contributed by atoms with Crippen LogP contribution in [-0.2, 0) is 30.4 Å². The number of hydrogen-bond acceptors (Lipinski definition) is 12. The first-order chi connectivity index (χ1) is 27.5. The number of aliphatic hydroxyl groups excluding tert-OH is 4. The van der Waals surface area contributed by atoms with Gasteiger partial charge in [0.15, 0.2) is 6.29 Å². The predicted molar refractivity (Wildman–Crippen MR) is 220 cm³/mol. The Hall–Kier alpha value is -3.93. The third-order valence-corrected chi connectivity index (χ3v) is 10.8. The second-order valence-corrected chi connectivity index (χ2v) is 15.8. The first-order valence-electron chi connectivity index (χ1n) is 20.3. The number of carbonyl (C=O) groups excluding carboxylic acids is 3. The lowest BCUT2D eigenvalue weighted by atomic mass is 9.84. The van der Waals surface area contributed by atoms with Crippen molar-refractivity contribution in [2.45, 2.75) is 122 Å². The Morgan fingerprint density at radius 3 is 2.57 bits per heavy atom. The maximum absolute atomic E-state index is 14.3. The molecule has 2 heterocycles. The predicted octanol–water partition coefficient (Wildman–Crippen LogP) is 2.41. The number of allylic oxidation sites excluding steroid dienone is 4. The Kier molecular flexibility index (Phi) is 20.2. The minimum Gasteiger partial charge on any atom is -0.508 e. The summed E-state index contributed by atoms with van der Waals surface area (Å²) in [4.78, 5) is 45.6. The van der Waals surface area contributed by atoms with Crippen molar-refractivity contribution in [1.29, 1.82) is 0 Å². The normalized spacial score (nSPS) is 29.5. The molecule has 0 radical (unpaired) electrons. The third kappa shape index (κ3) is 15.3. The van der Waals surface area contributed by atoms with Crippen molar-refractivity contribution >= 4 is 17.7 Å². The van der Waals surface area contributed by atoms with Crippen LogP contribution in [0.25, 0.3) is 0 Å². The molecule has 15 heteroatoms. The molecule has 0 aliphatic carbocycles. The van der Waals surface area contributed by atoms with E-state index < -0.39 is 72.5 Å². The molecule has 8 N–H and O–H groups in total. The van der Waals surface area contributed by atoms with Crippen LogP contribution in [0.1, 0.15) is 72.3 Å². The summed E-state index contributed by atoms with van der Waals surface area (Å²) in [5, 5.41) is 63.2. The van der Waals surface area contributed by atoms with E-state index in [1.807, 2.05) is 19.9 Å². The number of fused-ring (bicyclic) bond motifs is 2. The molecule has 2 aliphatic rings. The van der Waals surface area contributed by atoms with Crippen molar-refractivity contribution in [1.82, 2.24) is 26.1 Å². The summed E-state index contributed by atoms with van der Waals surface area (Å²) in [5.41, 5.74) is 4.45. The fraction of sp³-hybridized carbons (Fsp3) is 0.605. The molecule has 1 fully saturated rings. The number of aromatic hydroxyl groups is 1. The smallest absolute Gasteiger partial charge is 0.269 e. The number of benzene rings is 1. The summed E-state index contributed by atoms with van der Waals surface area (Å²) >= 11 is 0. The van der Waals surface area contributed by atoms with E-state index in [0.29, 0.717) is 49.8 Å². The van der Waals surface area contributed by atoms with Gasteiger partial charge >= 0.3 is 0 Å². The second kappa shape index (κ2) is 24.2. The summed E-state index contributed by atoms with van der Waals surface area (Å²) < 4.78 is 6.22. The monoisotopic (exact) mass is 813 g/mol. The molecule has 58 heavy (non-hydrogen) atoms. The van der Waals surface area contributed by atoms with Crippen LogP contribution in [0.5, 0.6) is 5.75 Å². The Morgan fingerprint density at radius 1 is 1.16 bits per heavy atom. The fourth-order valence-corrected chi connectivity index (χ4v) is 6.97. The minimum absolute atomic E-state index is 0.0163. The summed E-state index contributed by atoms with van der Waals surface area (Å²) in [5.74, 6) is -2.51. The Labute approximate surface area is 343 Å². The lowest BCUT2D eigenvalue weighted by Gasteiger charge is -2.39. The van der Waals surface area contributed by atoms with Gasteiger partial charge in [0.1, 0.15) is 11.8 Å². The summed E-state index contributed by atoms with van der Waals surface area (Å²) in [6.45, 7) is 9.46. The number of amides is 3. The number of carbonyl (C=O) groups is 3. The molecule has 0 aromatic heterocycles. The molecular weight excluding hydrogens is 746 g/mol. The molecule has 324 valence electrons. The molecule has 0 saturated carbocycles. The number of phenols is 1. The van der Waals surface area contributed by atoms with Gasteiger partial charge in [0.2, 0.25) is 5.91 Å². The van der Waals surface area contributed by atoms with E-state index in [1.54, 1.807) is 63.3 Å². The molecule has 2 aliphatic heterocycles. The second-order valence-electron chi connectivity index (χ2n) is 15.8. The molecule has 15 nitrogen and oxygen atoms in total. The fourth-order valence-electron chi connectivity index (χ4n) is 6.97. The Balaban J connectivity index is 2.03. The van der Waals surface area contributed by atoms with Gasteiger partial charge in [0.05, 0.1) is 43.6 Å². The molecule has 10 atom stereocenters. The van der Waals surface area contributed by atoms with Gasteiger partial charge < -0.3 is 40.9 Å². The number of rotatable bonds is 10. The van der Waals surface area contributed by atoms with Crippen LogP contribution in [0, 0.1) is 17.8 Å².